The summed E-state index contributed by atoms with van der Waals surface area (Å²) in [6.45, 7) is 4.52. The van der Waals surface area contributed by atoms with Gasteiger partial charge in [-0.1, -0.05) is 31.2 Å². The van der Waals surface area contributed by atoms with Crippen molar-refractivity contribution in [2.75, 3.05) is 19.6 Å². The molecule has 1 atom stereocenters. The maximum Gasteiger partial charge on any atom is 0.223 e. The molecule has 1 aromatic carbocycles. The van der Waals surface area contributed by atoms with Crippen LogP contribution in [0.5, 0.6) is 0 Å². The molecule has 0 spiro atoms. The van der Waals surface area contributed by atoms with Gasteiger partial charge in [0.2, 0.25) is 5.91 Å². The van der Waals surface area contributed by atoms with Crippen LogP contribution in [-0.4, -0.2) is 30.4 Å². The Morgan fingerprint density at radius 3 is 2.42 bits per heavy atom. The summed E-state index contributed by atoms with van der Waals surface area (Å²) in [6, 6.07) is 8.51. The van der Waals surface area contributed by atoms with E-state index in [1.807, 2.05) is 4.90 Å². The fourth-order valence-electron chi connectivity index (χ4n) is 2.67. The van der Waals surface area contributed by atoms with Gasteiger partial charge in [0.25, 0.3) is 0 Å². The zero-order valence-electron chi connectivity index (χ0n) is 11.8. The lowest BCUT2D eigenvalue weighted by Crippen LogP contribution is -2.30. The summed E-state index contributed by atoms with van der Waals surface area (Å²) in [6.07, 6.45) is 3.87. The van der Waals surface area contributed by atoms with E-state index in [9.17, 15) is 4.79 Å². The molecule has 2 rings (SSSR count). The molecule has 19 heavy (non-hydrogen) atoms. The van der Waals surface area contributed by atoms with Crippen LogP contribution in [0.2, 0.25) is 0 Å². The number of rotatable bonds is 5. The van der Waals surface area contributed by atoms with Gasteiger partial charge >= 0.3 is 0 Å². The summed E-state index contributed by atoms with van der Waals surface area (Å²) in [5, 5.41) is 0. The van der Waals surface area contributed by atoms with Crippen LogP contribution >= 0.6 is 0 Å². The number of aryl methyl sites for hydroxylation is 1. The maximum absolute atomic E-state index is 12.2. The van der Waals surface area contributed by atoms with Gasteiger partial charge in [-0.2, -0.15) is 0 Å². The molecular weight excluding hydrogens is 236 g/mol. The molecule has 0 aromatic heterocycles. The zero-order valence-corrected chi connectivity index (χ0v) is 11.8. The number of likely N-dealkylation sites (tertiary alicyclic amines) is 1. The van der Waals surface area contributed by atoms with Gasteiger partial charge < -0.3 is 10.6 Å². The van der Waals surface area contributed by atoms with E-state index in [1.165, 1.54) is 11.1 Å². The number of carbonyl (C=O) groups is 1. The quantitative estimate of drug-likeness (QED) is 0.883. The Morgan fingerprint density at radius 1 is 1.26 bits per heavy atom. The monoisotopic (exact) mass is 260 g/mol. The standard InChI is InChI=1S/C16H24N2O/c1-2-13-5-7-14(8-6-13)15(12-17)11-16(19)18-9-3-4-10-18/h5-8,15H,2-4,9-12,17H2,1H3. The molecule has 1 heterocycles. The molecule has 1 aliphatic rings. The van der Waals surface area contributed by atoms with Gasteiger partial charge in [-0.15, -0.1) is 0 Å². The number of carbonyl (C=O) groups excluding carboxylic acids is 1. The molecule has 3 heteroatoms. The van der Waals surface area contributed by atoms with Gasteiger partial charge in [0, 0.05) is 25.4 Å². The Hall–Kier alpha value is -1.35. The first kappa shape index (κ1) is 14.1. The van der Waals surface area contributed by atoms with Crippen LogP contribution in [0.1, 0.15) is 43.2 Å². The van der Waals surface area contributed by atoms with Gasteiger partial charge in [0.1, 0.15) is 0 Å². The fraction of sp³-hybridized carbons (Fsp3) is 0.562. The normalized spacial score (nSPS) is 16.6. The van der Waals surface area contributed by atoms with Gasteiger partial charge in [0.15, 0.2) is 0 Å². The van der Waals surface area contributed by atoms with Crippen LogP contribution in [0.15, 0.2) is 24.3 Å². The fourth-order valence-corrected chi connectivity index (χ4v) is 2.67. The molecule has 1 aromatic rings. The molecule has 0 radical (unpaired) electrons. The maximum atomic E-state index is 12.2. The summed E-state index contributed by atoms with van der Waals surface area (Å²) in [5.74, 6) is 0.409. The summed E-state index contributed by atoms with van der Waals surface area (Å²) in [7, 11) is 0. The molecule has 2 N–H and O–H groups in total. The summed E-state index contributed by atoms with van der Waals surface area (Å²) >= 11 is 0. The Kier molecular flexibility index (Phi) is 4.97. The van der Waals surface area contributed by atoms with Crippen molar-refractivity contribution in [2.45, 2.75) is 38.5 Å². The number of hydrogen-bond acceptors (Lipinski definition) is 2. The van der Waals surface area contributed by atoms with Crippen LogP contribution in [-0.2, 0) is 11.2 Å². The average Bonchev–Trinajstić information content (AvgIpc) is 2.99. The van der Waals surface area contributed by atoms with Gasteiger partial charge in [-0.25, -0.2) is 0 Å². The van der Waals surface area contributed by atoms with Crippen molar-refractivity contribution in [2.24, 2.45) is 5.73 Å². The van der Waals surface area contributed by atoms with E-state index in [-0.39, 0.29) is 11.8 Å². The lowest BCUT2D eigenvalue weighted by Gasteiger charge is -2.20. The van der Waals surface area contributed by atoms with Gasteiger partial charge in [-0.3, -0.25) is 4.79 Å². The lowest BCUT2D eigenvalue weighted by molar-refractivity contribution is -0.130. The summed E-state index contributed by atoms with van der Waals surface area (Å²) in [5.41, 5.74) is 8.36. The van der Waals surface area contributed by atoms with E-state index in [0.29, 0.717) is 13.0 Å². The molecule has 1 amide bonds. The SMILES string of the molecule is CCc1ccc(C(CN)CC(=O)N2CCCC2)cc1. The highest BCUT2D eigenvalue weighted by molar-refractivity contribution is 5.77. The number of nitrogens with two attached hydrogens (primary N) is 1. The van der Waals surface area contributed by atoms with E-state index < -0.39 is 0 Å². The van der Waals surface area contributed by atoms with Crippen LogP contribution in [0, 0.1) is 0 Å². The second-order valence-electron chi connectivity index (χ2n) is 5.32. The van der Waals surface area contributed by atoms with Crippen molar-refractivity contribution in [1.29, 1.82) is 0 Å². The van der Waals surface area contributed by atoms with Gasteiger partial charge in [0.05, 0.1) is 0 Å². The molecule has 0 aliphatic carbocycles. The summed E-state index contributed by atoms with van der Waals surface area (Å²) < 4.78 is 0. The van der Waals surface area contributed by atoms with Crippen molar-refractivity contribution in [3.8, 4) is 0 Å². The van der Waals surface area contributed by atoms with Crippen molar-refractivity contribution in [3.05, 3.63) is 35.4 Å². The Bertz CT molecular complexity index is 407. The van der Waals surface area contributed by atoms with Crippen LogP contribution in [0.25, 0.3) is 0 Å². The first-order valence-corrected chi connectivity index (χ1v) is 7.31. The molecule has 0 saturated carbocycles. The number of benzene rings is 1. The lowest BCUT2D eigenvalue weighted by atomic mass is 9.94. The zero-order chi connectivity index (χ0) is 13.7. The third-order valence-corrected chi connectivity index (χ3v) is 4.02. The summed E-state index contributed by atoms with van der Waals surface area (Å²) in [4.78, 5) is 14.2. The van der Waals surface area contributed by atoms with Crippen molar-refractivity contribution < 1.29 is 4.79 Å². The predicted octanol–water partition coefficient (Wildman–Crippen LogP) is 2.30. The minimum absolute atomic E-state index is 0.152. The van der Waals surface area contributed by atoms with Crippen molar-refractivity contribution in [1.82, 2.24) is 4.90 Å². The van der Waals surface area contributed by atoms with Gasteiger partial charge in [-0.05, 0) is 36.9 Å². The van der Waals surface area contributed by atoms with E-state index >= 15 is 0 Å². The first-order valence-electron chi connectivity index (χ1n) is 7.31. The molecule has 1 saturated heterocycles. The van der Waals surface area contributed by atoms with Crippen LogP contribution in [0.3, 0.4) is 0 Å². The largest absolute Gasteiger partial charge is 0.343 e. The molecule has 3 nitrogen and oxygen atoms in total. The van der Waals surface area contributed by atoms with Crippen LogP contribution < -0.4 is 5.73 Å². The minimum Gasteiger partial charge on any atom is -0.343 e. The third-order valence-electron chi connectivity index (χ3n) is 4.02. The second-order valence-corrected chi connectivity index (χ2v) is 5.32. The van der Waals surface area contributed by atoms with E-state index in [0.717, 1.165) is 32.4 Å². The molecule has 1 fully saturated rings. The number of amides is 1. The number of nitrogens with zero attached hydrogens (tertiary/aromatic N) is 1. The Labute approximate surface area is 115 Å². The van der Waals surface area contributed by atoms with Crippen molar-refractivity contribution in [3.63, 3.8) is 0 Å². The topological polar surface area (TPSA) is 46.3 Å². The molecule has 0 bridgehead atoms. The average molecular weight is 260 g/mol. The molecule has 1 unspecified atom stereocenters. The Morgan fingerprint density at radius 2 is 1.89 bits per heavy atom. The van der Waals surface area contributed by atoms with Crippen LogP contribution in [0.4, 0.5) is 0 Å². The molecule has 1 aliphatic heterocycles. The Balaban J connectivity index is 2.00. The highest BCUT2D eigenvalue weighted by Gasteiger charge is 2.21. The number of hydrogen-bond donors (Lipinski definition) is 1. The van der Waals surface area contributed by atoms with E-state index in [4.69, 9.17) is 5.73 Å². The van der Waals surface area contributed by atoms with Crippen molar-refractivity contribution >= 4 is 5.91 Å². The third kappa shape index (κ3) is 3.57. The highest BCUT2D eigenvalue weighted by Crippen LogP contribution is 2.21. The predicted molar refractivity (Wildman–Crippen MR) is 78.0 cm³/mol. The van der Waals surface area contributed by atoms with E-state index in [2.05, 4.69) is 31.2 Å². The first-order chi connectivity index (χ1) is 9.24. The highest BCUT2D eigenvalue weighted by atomic mass is 16.2. The minimum atomic E-state index is 0.152. The molecule has 104 valence electrons. The smallest absolute Gasteiger partial charge is 0.223 e. The second kappa shape index (κ2) is 6.71. The van der Waals surface area contributed by atoms with E-state index in [1.54, 1.807) is 0 Å². The molecular formula is C16H24N2O.